The van der Waals surface area contributed by atoms with Crippen molar-refractivity contribution in [2.24, 2.45) is 0 Å². The lowest BCUT2D eigenvalue weighted by Crippen LogP contribution is -2.28. The van der Waals surface area contributed by atoms with Gasteiger partial charge < -0.3 is 10.4 Å². The molecule has 0 spiro atoms. The molecular weight excluding hydrogens is 236 g/mol. The number of hydrogen-bond donors (Lipinski definition) is 2. The smallest absolute Gasteiger partial charge is 0.138 e. The van der Waals surface area contributed by atoms with Crippen molar-refractivity contribution >= 4 is 0 Å². The maximum absolute atomic E-state index is 9.74. The predicted octanol–water partition coefficient (Wildman–Crippen LogP) is 2.82. The van der Waals surface area contributed by atoms with E-state index in [9.17, 15) is 5.11 Å². The van der Waals surface area contributed by atoms with Crippen molar-refractivity contribution in [3.63, 3.8) is 0 Å². The topological polar surface area (TPSA) is 45.1 Å². The van der Waals surface area contributed by atoms with Crippen molar-refractivity contribution in [1.82, 2.24) is 10.3 Å². The second-order valence-electron chi connectivity index (χ2n) is 4.89. The summed E-state index contributed by atoms with van der Waals surface area (Å²) in [4.78, 5) is 4.34. The fraction of sp³-hybridized carbons (Fsp3) is 0.312. The third kappa shape index (κ3) is 4.07. The average molecular weight is 256 g/mol. The molecule has 0 bridgehead atoms. The molecule has 0 fully saturated rings. The molecule has 0 saturated carbocycles. The molecule has 2 N–H and O–H groups in total. The van der Waals surface area contributed by atoms with Crippen LogP contribution in [0.1, 0.15) is 23.9 Å². The maximum Gasteiger partial charge on any atom is 0.138 e. The van der Waals surface area contributed by atoms with Crippen molar-refractivity contribution in [3.8, 4) is 5.75 Å². The zero-order valence-electron chi connectivity index (χ0n) is 11.4. The van der Waals surface area contributed by atoms with Gasteiger partial charge in [0.1, 0.15) is 5.75 Å². The first-order chi connectivity index (χ1) is 9.15. The van der Waals surface area contributed by atoms with Gasteiger partial charge in [-0.05, 0) is 38.0 Å². The monoisotopic (exact) mass is 256 g/mol. The van der Waals surface area contributed by atoms with Gasteiger partial charge >= 0.3 is 0 Å². The number of aryl methyl sites for hydroxylation is 1. The van der Waals surface area contributed by atoms with Crippen LogP contribution in [0.15, 0.2) is 42.5 Å². The molecule has 3 heteroatoms. The van der Waals surface area contributed by atoms with Gasteiger partial charge in [-0.25, -0.2) is 0 Å². The van der Waals surface area contributed by atoms with Gasteiger partial charge in [-0.1, -0.05) is 30.3 Å². The molecule has 0 saturated heterocycles. The molecule has 0 aliphatic rings. The summed E-state index contributed by atoms with van der Waals surface area (Å²) in [6.07, 6.45) is 0.966. The molecule has 2 rings (SSSR count). The molecule has 1 aromatic carbocycles. The summed E-state index contributed by atoms with van der Waals surface area (Å²) >= 11 is 0. The molecule has 1 unspecified atom stereocenters. The summed E-state index contributed by atoms with van der Waals surface area (Å²) in [6, 6.07) is 14.2. The molecule has 0 radical (unpaired) electrons. The predicted molar refractivity (Wildman–Crippen MR) is 77.1 cm³/mol. The Labute approximate surface area is 114 Å². The largest absolute Gasteiger partial charge is 0.506 e. The van der Waals surface area contributed by atoms with E-state index in [1.165, 1.54) is 5.56 Å². The van der Waals surface area contributed by atoms with E-state index < -0.39 is 0 Å². The highest BCUT2D eigenvalue weighted by Crippen LogP contribution is 2.14. The lowest BCUT2D eigenvalue weighted by atomic mass is 10.1. The molecule has 0 aliphatic carbocycles. The minimum atomic E-state index is 0.255. The highest BCUT2D eigenvalue weighted by molar-refractivity contribution is 5.27. The second kappa shape index (κ2) is 6.34. The Morgan fingerprint density at radius 3 is 2.63 bits per heavy atom. The Hall–Kier alpha value is -1.87. The molecule has 1 heterocycles. The van der Waals surface area contributed by atoms with Gasteiger partial charge in [-0.2, -0.15) is 0 Å². The van der Waals surface area contributed by atoms with E-state index in [0.717, 1.165) is 12.1 Å². The number of nitrogens with one attached hydrogen (secondary N) is 1. The molecule has 0 aliphatic heterocycles. The Morgan fingerprint density at radius 2 is 1.89 bits per heavy atom. The highest BCUT2D eigenvalue weighted by atomic mass is 16.3. The van der Waals surface area contributed by atoms with Gasteiger partial charge in [0.25, 0.3) is 0 Å². The van der Waals surface area contributed by atoms with Crippen molar-refractivity contribution in [3.05, 3.63) is 59.4 Å². The van der Waals surface area contributed by atoms with Crippen LogP contribution in [0, 0.1) is 6.92 Å². The zero-order chi connectivity index (χ0) is 13.7. The summed E-state index contributed by atoms with van der Waals surface area (Å²) < 4.78 is 0. The van der Waals surface area contributed by atoms with Crippen molar-refractivity contribution in [1.29, 1.82) is 0 Å². The minimum absolute atomic E-state index is 0.255. The first kappa shape index (κ1) is 13.6. The van der Waals surface area contributed by atoms with E-state index in [2.05, 4.69) is 41.5 Å². The van der Waals surface area contributed by atoms with Crippen molar-refractivity contribution in [2.75, 3.05) is 0 Å². The van der Waals surface area contributed by atoms with Crippen LogP contribution in [0.3, 0.4) is 0 Å². The van der Waals surface area contributed by atoms with E-state index in [1.807, 2.05) is 19.1 Å². The van der Waals surface area contributed by atoms with Gasteiger partial charge in [0.05, 0.1) is 5.69 Å². The van der Waals surface area contributed by atoms with Gasteiger partial charge in [0, 0.05) is 18.3 Å². The van der Waals surface area contributed by atoms with E-state index in [0.29, 0.717) is 18.3 Å². The van der Waals surface area contributed by atoms with Gasteiger partial charge in [-0.3, -0.25) is 4.98 Å². The standard InChI is InChI=1S/C16H20N2O/c1-12-8-9-16(19)15(18-12)11-17-13(2)10-14-6-4-3-5-7-14/h3-9,13,17,19H,10-11H2,1-2H3. The fourth-order valence-corrected chi connectivity index (χ4v) is 2.04. The summed E-state index contributed by atoms with van der Waals surface area (Å²) in [5.41, 5.74) is 2.94. The zero-order valence-corrected chi connectivity index (χ0v) is 11.4. The quantitative estimate of drug-likeness (QED) is 0.864. The minimum Gasteiger partial charge on any atom is -0.506 e. The summed E-state index contributed by atoms with van der Waals surface area (Å²) in [6.45, 7) is 4.65. The Morgan fingerprint density at radius 1 is 1.16 bits per heavy atom. The lowest BCUT2D eigenvalue weighted by molar-refractivity contribution is 0.452. The molecule has 0 amide bonds. The number of hydrogen-bond acceptors (Lipinski definition) is 3. The van der Waals surface area contributed by atoms with E-state index >= 15 is 0 Å². The van der Waals surface area contributed by atoms with Gasteiger partial charge in [0.15, 0.2) is 0 Å². The normalized spacial score (nSPS) is 12.3. The molecule has 19 heavy (non-hydrogen) atoms. The highest BCUT2D eigenvalue weighted by Gasteiger charge is 2.06. The summed E-state index contributed by atoms with van der Waals surface area (Å²) in [5.74, 6) is 0.255. The molecule has 1 aromatic heterocycles. The SMILES string of the molecule is Cc1ccc(O)c(CNC(C)Cc2ccccc2)n1. The first-order valence-corrected chi connectivity index (χ1v) is 6.58. The molecule has 3 nitrogen and oxygen atoms in total. The second-order valence-corrected chi connectivity index (χ2v) is 4.89. The van der Waals surface area contributed by atoms with Crippen LogP contribution in [0.2, 0.25) is 0 Å². The molecule has 2 aromatic rings. The fourth-order valence-electron chi connectivity index (χ4n) is 2.04. The summed E-state index contributed by atoms with van der Waals surface area (Å²) in [5, 5.41) is 13.1. The van der Waals surface area contributed by atoms with E-state index in [-0.39, 0.29) is 5.75 Å². The van der Waals surface area contributed by atoms with Crippen molar-refractivity contribution < 1.29 is 5.11 Å². The number of nitrogens with zero attached hydrogens (tertiary/aromatic N) is 1. The van der Waals surface area contributed by atoms with Gasteiger partial charge in [-0.15, -0.1) is 0 Å². The Balaban J connectivity index is 1.90. The average Bonchev–Trinajstić information content (AvgIpc) is 2.41. The van der Waals surface area contributed by atoms with Gasteiger partial charge in [0.2, 0.25) is 0 Å². The Kier molecular flexibility index (Phi) is 4.53. The number of pyridine rings is 1. The van der Waals surface area contributed by atoms with Crippen LogP contribution in [0.5, 0.6) is 5.75 Å². The van der Waals surface area contributed by atoms with Crippen molar-refractivity contribution in [2.45, 2.75) is 32.9 Å². The van der Waals surface area contributed by atoms with Crippen LogP contribution in [0.4, 0.5) is 0 Å². The van der Waals surface area contributed by atoms with E-state index in [4.69, 9.17) is 0 Å². The maximum atomic E-state index is 9.74. The van der Waals surface area contributed by atoms with Crippen LogP contribution < -0.4 is 5.32 Å². The van der Waals surface area contributed by atoms with Crippen LogP contribution in [-0.2, 0) is 13.0 Å². The number of rotatable bonds is 5. The number of aromatic nitrogens is 1. The van der Waals surface area contributed by atoms with Crippen LogP contribution in [-0.4, -0.2) is 16.1 Å². The van der Waals surface area contributed by atoms with Crippen LogP contribution >= 0.6 is 0 Å². The Bertz CT molecular complexity index is 526. The number of aromatic hydroxyl groups is 1. The lowest BCUT2D eigenvalue weighted by Gasteiger charge is -2.14. The first-order valence-electron chi connectivity index (χ1n) is 6.58. The number of benzene rings is 1. The third-order valence-corrected chi connectivity index (χ3v) is 3.09. The summed E-state index contributed by atoms with van der Waals surface area (Å²) in [7, 11) is 0. The van der Waals surface area contributed by atoms with E-state index in [1.54, 1.807) is 6.07 Å². The van der Waals surface area contributed by atoms with Crippen LogP contribution in [0.25, 0.3) is 0 Å². The third-order valence-electron chi connectivity index (χ3n) is 3.09. The molecular formula is C16H20N2O. The molecule has 100 valence electrons. The molecule has 1 atom stereocenters.